The zero-order valence-electron chi connectivity index (χ0n) is 43.1. The van der Waals surface area contributed by atoms with Crippen LogP contribution in [-0.2, 0) is 30.1 Å². The number of halogens is 3. The number of benzene rings is 1. The quantitative estimate of drug-likeness (QED) is 0.0896. The second kappa shape index (κ2) is 23.3. The first-order valence-electron chi connectivity index (χ1n) is 27.1. The van der Waals surface area contributed by atoms with Gasteiger partial charge >= 0.3 is 6.18 Å². The van der Waals surface area contributed by atoms with Gasteiger partial charge < -0.3 is 39.9 Å². The number of nitrogens with zero attached hydrogens (tertiary/aromatic N) is 8. The number of epoxide rings is 1. The number of ether oxygens (including phenoxy) is 1. The lowest BCUT2D eigenvalue weighted by atomic mass is 9.83. The number of pyridine rings is 1. The summed E-state index contributed by atoms with van der Waals surface area (Å²) in [6.45, 7) is 8.86. The van der Waals surface area contributed by atoms with Gasteiger partial charge in [0.2, 0.25) is 23.6 Å². The predicted octanol–water partition coefficient (Wildman–Crippen LogP) is 6.38. The number of unbranched alkanes of at least 4 members (excludes halogenated alkanes) is 4. The minimum Gasteiger partial charge on any atom is -0.358 e. The predicted molar refractivity (Wildman–Crippen MR) is 271 cm³/mol. The number of hydrogen-bond acceptors (Lipinski definition) is 12. The van der Waals surface area contributed by atoms with Crippen LogP contribution in [0, 0.1) is 11.8 Å². The van der Waals surface area contributed by atoms with Crippen LogP contribution in [0.4, 0.5) is 19.0 Å². The summed E-state index contributed by atoms with van der Waals surface area (Å²) in [6, 6.07) is 7.11. The molecule has 73 heavy (non-hydrogen) atoms. The first-order chi connectivity index (χ1) is 35.1. The molecule has 4 amide bonds. The standard InChI is InChI=1S/C54H76F3N11O5/c1-34(2)64(3)39-14-16-45(68-28-21-43(53(68)72)62-50-40-29-37(54(55,56)57)13-15-42(40)60-33-61-50)44(30-39)63-51(71)35-17-24-66(25-18-35)38-19-26-67(27-20-38)46(69)12-8-6-5-7-9-23-59-52-49(73-52)41-31-47(70)65(4)48(41)36-11-10-22-58-32-36/h10-11,13,15,22,29,32-35,38-39,41,43-45,48-49,52,59H,5-9,12,14,16-21,23-28,30-31H2,1-4H3,(H,63,71)(H,60,61,62)/t39-,41-,43+,44-,45+,48+,49?,52?/m1/s1. The molecule has 5 saturated heterocycles. The lowest BCUT2D eigenvalue weighted by Gasteiger charge is -2.45. The van der Waals surface area contributed by atoms with Crippen LogP contribution in [0.5, 0.6) is 0 Å². The molecule has 0 spiro atoms. The Morgan fingerprint density at radius 2 is 1.68 bits per heavy atom. The van der Waals surface area contributed by atoms with Crippen LogP contribution < -0.4 is 16.0 Å². The van der Waals surface area contributed by atoms with Crippen LogP contribution in [0.3, 0.4) is 0 Å². The third-order valence-electron chi connectivity index (χ3n) is 17.2. The molecule has 398 valence electrons. The van der Waals surface area contributed by atoms with E-state index in [0.717, 1.165) is 127 Å². The highest BCUT2D eigenvalue weighted by molar-refractivity contribution is 5.93. The van der Waals surface area contributed by atoms with Crippen molar-refractivity contribution in [2.45, 2.75) is 171 Å². The van der Waals surface area contributed by atoms with Crippen molar-refractivity contribution in [2.75, 3.05) is 58.7 Å². The van der Waals surface area contributed by atoms with E-state index in [9.17, 15) is 32.3 Å². The SMILES string of the molecule is CC(C)N(C)[C@@H]1CC[C@H](N2CC[C@H](Nc3ncnc4ccc(C(F)(F)F)cc34)C2=O)[C@H](NC(=O)C2CCN(C3CCN(C(=O)CCCCCCCNC4OC4[C@@H]4CC(=O)N(C)[C@H]4c4cccnc4)CC3)CC2)C1. The van der Waals surface area contributed by atoms with Crippen molar-refractivity contribution < 1.29 is 37.1 Å². The number of nitrogens with one attached hydrogen (secondary N) is 3. The Morgan fingerprint density at radius 3 is 2.42 bits per heavy atom. The molecule has 1 saturated carbocycles. The molecule has 5 aliphatic heterocycles. The Balaban J connectivity index is 0.674. The van der Waals surface area contributed by atoms with Crippen LogP contribution in [0.1, 0.15) is 127 Å². The molecule has 8 atom stereocenters. The Labute approximate surface area is 427 Å². The van der Waals surface area contributed by atoms with E-state index in [2.05, 4.69) is 61.6 Å². The highest BCUT2D eigenvalue weighted by atomic mass is 19.4. The molecule has 3 N–H and O–H groups in total. The van der Waals surface area contributed by atoms with Crippen molar-refractivity contribution in [3.63, 3.8) is 0 Å². The summed E-state index contributed by atoms with van der Waals surface area (Å²) in [5.74, 6) is 0.474. The van der Waals surface area contributed by atoms with Gasteiger partial charge in [-0.05, 0) is 135 Å². The molecular formula is C54H76F3N11O5. The molecule has 3 aromatic rings. The third-order valence-corrected chi connectivity index (χ3v) is 17.2. The number of aromatic nitrogens is 3. The molecule has 2 unspecified atom stereocenters. The van der Waals surface area contributed by atoms with Gasteiger partial charge in [0.1, 0.15) is 30.5 Å². The van der Waals surface area contributed by atoms with Crippen LogP contribution in [-0.4, -0.2) is 165 Å². The maximum Gasteiger partial charge on any atom is 0.416 e. The van der Waals surface area contributed by atoms with Gasteiger partial charge in [0.15, 0.2) is 0 Å². The highest BCUT2D eigenvalue weighted by Gasteiger charge is 2.53. The molecule has 2 aromatic heterocycles. The lowest BCUT2D eigenvalue weighted by molar-refractivity contribution is -0.137. The van der Waals surface area contributed by atoms with E-state index in [1.165, 1.54) is 12.4 Å². The van der Waals surface area contributed by atoms with E-state index >= 15 is 0 Å². The van der Waals surface area contributed by atoms with Crippen molar-refractivity contribution in [1.29, 1.82) is 0 Å². The average Bonchev–Trinajstić information content (AvgIpc) is 3.99. The van der Waals surface area contributed by atoms with Crippen LogP contribution in [0.25, 0.3) is 10.9 Å². The molecule has 0 bridgehead atoms. The molecule has 1 aromatic carbocycles. The van der Waals surface area contributed by atoms with Crippen LogP contribution in [0.2, 0.25) is 0 Å². The molecule has 1 aliphatic carbocycles. The van der Waals surface area contributed by atoms with Crippen LogP contribution >= 0.6 is 0 Å². The second-order valence-electron chi connectivity index (χ2n) is 21.9. The van der Waals surface area contributed by atoms with E-state index in [4.69, 9.17) is 4.74 Å². The summed E-state index contributed by atoms with van der Waals surface area (Å²) in [6.07, 6.45) is 12.8. The van der Waals surface area contributed by atoms with E-state index in [0.29, 0.717) is 43.4 Å². The summed E-state index contributed by atoms with van der Waals surface area (Å²) in [7, 11) is 3.98. The minimum atomic E-state index is -4.53. The normalized spacial score (nSPS) is 27.7. The number of carbonyl (C=O) groups is 4. The van der Waals surface area contributed by atoms with Gasteiger partial charge in [0.05, 0.1) is 29.2 Å². The molecule has 6 fully saturated rings. The lowest BCUT2D eigenvalue weighted by Crippen LogP contribution is -2.59. The van der Waals surface area contributed by atoms with Crippen molar-refractivity contribution in [2.24, 2.45) is 11.8 Å². The number of rotatable bonds is 19. The van der Waals surface area contributed by atoms with Crippen LogP contribution in [0.15, 0.2) is 49.1 Å². The summed E-state index contributed by atoms with van der Waals surface area (Å²) in [5.41, 5.74) is 0.595. The van der Waals surface area contributed by atoms with Gasteiger partial charge in [0.25, 0.3) is 0 Å². The van der Waals surface area contributed by atoms with Gasteiger partial charge in [-0.15, -0.1) is 0 Å². The number of anilines is 1. The van der Waals surface area contributed by atoms with Gasteiger partial charge in [-0.25, -0.2) is 9.97 Å². The van der Waals surface area contributed by atoms with Crippen molar-refractivity contribution in [3.8, 4) is 0 Å². The second-order valence-corrected chi connectivity index (χ2v) is 21.9. The summed E-state index contributed by atoms with van der Waals surface area (Å²) >= 11 is 0. The minimum absolute atomic E-state index is 0.0125. The van der Waals surface area contributed by atoms with E-state index in [1.54, 1.807) is 6.20 Å². The van der Waals surface area contributed by atoms with Gasteiger partial charge in [-0.2, -0.15) is 13.2 Å². The fourth-order valence-electron chi connectivity index (χ4n) is 12.6. The number of alkyl halides is 3. The summed E-state index contributed by atoms with van der Waals surface area (Å²) in [5, 5.41) is 10.4. The number of piperidine rings is 2. The topological polar surface area (TPSA) is 172 Å². The molecule has 19 heteroatoms. The molecule has 9 rings (SSSR count). The van der Waals surface area contributed by atoms with E-state index in [-0.39, 0.29) is 83.2 Å². The van der Waals surface area contributed by atoms with Gasteiger partial charge in [-0.1, -0.05) is 25.3 Å². The number of hydrogen-bond donors (Lipinski definition) is 3. The largest absolute Gasteiger partial charge is 0.416 e. The first kappa shape index (κ1) is 52.9. The highest BCUT2D eigenvalue weighted by Crippen LogP contribution is 2.45. The summed E-state index contributed by atoms with van der Waals surface area (Å²) in [4.78, 5) is 77.4. The zero-order chi connectivity index (χ0) is 51.4. The fourth-order valence-corrected chi connectivity index (χ4v) is 12.6. The number of amides is 4. The number of likely N-dealkylation sites (tertiary alicyclic amines) is 4. The molecule has 6 aliphatic rings. The Kier molecular flexibility index (Phi) is 16.9. The Bertz CT molecular complexity index is 2380. The zero-order valence-corrected chi connectivity index (χ0v) is 43.1. The molecular weight excluding hydrogens is 940 g/mol. The Hall–Kier alpha value is -4.98. The van der Waals surface area contributed by atoms with Crippen molar-refractivity contribution in [1.82, 2.24) is 50.1 Å². The van der Waals surface area contributed by atoms with E-state index in [1.807, 2.05) is 40.1 Å². The van der Waals surface area contributed by atoms with Crippen molar-refractivity contribution >= 4 is 40.3 Å². The Morgan fingerprint density at radius 1 is 0.918 bits per heavy atom. The molecule has 16 nitrogen and oxygen atoms in total. The first-order valence-corrected chi connectivity index (χ1v) is 27.1. The fraction of sp³-hybridized carbons (Fsp3) is 0.685. The smallest absolute Gasteiger partial charge is 0.358 e. The molecule has 7 heterocycles. The monoisotopic (exact) mass is 1020 g/mol. The van der Waals surface area contributed by atoms with E-state index < -0.39 is 17.8 Å². The number of fused-ring (bicyclic) bond motifs is 1. The number of carbonyl (C=O) groups excluding carboxylic acids is 4. The third kappa shape index (κ3) is 12.4. The van der Waals surface area contributed by atoms with Crippen molar-refractivity contribution in [3.05, 3.63) is 60.2 Å². The maximum atomic E-state index is 14.1. The molecule has 0 radical (unpaired) electrons. The maximum absolute atomic E-state index is 14.1. The van der Waals surface area contributed by atoms with Gasteiger partial charge in [-0.3, -0.25) is 29.5 Å². The summed E-state index contributed by atoms with van der Waals surface area (Å²) < 4.78 is 46.9. The average molecular weight is 1020 g/mol. The van der Waals surface area contributed by atoms with Gasteiger partial charge in [0, 0.05) is 87.3 Å².